The maximum absolute atomic E-state index is 11.6. The van der Waals surface area contributed by atoms with Gasteiger partial charge in [0, 0.05) is 6.20 Å². The van der Waals surface area contributed by atoms with Crippen molar-refractivity contribution in [1.29, 1.82) is 0 Å². The van der Waals surface area contributed by atoms with Gasteiger partial charge >= 0.3 is 5.69 Å². The minimum Gasteiger partial charge on any atom is -0.392 e. The third-order valence-electron chi connectivity index (χ3n) is 2.54. The van der Waals surface area contributed by atoms with Crippen LogP contribution in [0.3, 0.4) is 0 Å². The van der Waals surface area contributed by atoms with Crippen LogP contribution < -0.4 is 11.2 Å². The van der Waals surface area contributed by atoms with E-state index in [4.69, 9.17) is 11.2 Å². The van der Waals surface area contributed by atoms with Crippen LogP contribution in [0.25, 0.3) is 0 Å². The Hall–Kier alpha value is -1.62. The van der Waals surface area contributed by atoms with Crippen LogP contribution in [0, 0.1) is 12.3 Å². The molecule has 0 saturated heterocycles. The number of rotatable bonds is 2. The molecule has 2 atom stereocenters. The Bertz CT molecular complexity index is 654. The molecule has 6 nitrogen and oxygen atoms in total. The first-order valence-corrected chi connectivity index (χ1v) is 5.77. The second-order valence-corrected chi connectivity index (χ2v) is 4.56. The van der Waals surface area contributed by atoms with E-state index in [2.05, 4.69) is 26.8 Å². The normalized spacial score (nSPS) is 26.2. The van der Waals surface area contributed by atoms with Gasteiger partial charge in [-0.25, -0.2) is 4.79 Å². The summed E-state index contributed by atoms with van der Waals surface area (Å²) in [4.78, 5) is 24.9. The van der Waals surface area contributed by atoms with E-state index in [1.165, 1.54) is 12.3 Å². The van der Waals surface area contributed by atoms with Crippen molar-refractivity contribution in [2.24, 2.45) is 0 Å². The smallest absolute Gasteiger partial charge is 0.330 e. The number of aliphatic hydroxyl groups is 1. The topological polar surface area (TPSA) is 84.3 Å². The van der Waals surface area contributed by atoms with Crippen molar-refractivity contribution >= 4 is 15.9 Å². The minimum atomic E-state index is -1.23. The highest BCUT2D eigenvalue weighted by molar-refractivity contribution is 9.10. The molecule has 18 heavy (non-hydrogen) atoms. The third kappa shape index (κ3) is 2.06. The highest BCUT2D eigenvalue weighted by Gasteiger charge is 2.34. The molecular formula is C11H9BrN2O4. The lowest BCUT2D eigenvalue weighted by atomic mass is 10.1. The molecule has 2 heterocycles. The van der Waals surface area contributed by atoms with E-state index in [0.717, 1.165) is 4.57 Å². The zero-order valence-corrected chi connectivity index (χ0v) is 10.7. The van der Waals surface area contributed by atoms with Gasteiger partial charge in [0.25, 0.3) is 5.56 Å². The lowest BCUT2D eigenvalue weighted by Gasteiger charge is -2.21. The predicted molar refractivity (Wildman–Crippen MR) is 66.9 cm³/mol. The first kappa shape index (κ1) is 12.8. The Labute approximate surface area is 110 Å². The molecule has 1 aromatic heterocycles. The first-order valence-electron chi connectivity index (χ1n) is 4.98. The van der Waals surface area contributed by atoms with Gasteiger partial charge in [0.1, 0.15) is 0 Å². The Morgan fingerprint density at radius 2 is 2.39 bits per heavy atom. The van der Waals surface area contributed by atoms with Crippen molar-refractivity contribution in [3.63, 3.8) is 0 Å². The summed E-state index contributed by atoms with van der Waals surface area (Å²) >= 11 is 3.02. The van der Waals surface area contributed by atoms with E-state index >= 15 is 0 Å². The van der Waals surface area contributed by atoms with Gasteiger partial charge < -0.3 is 9.84 Å². The molecule has 7 heteroatoms. The van der Waals surface area contributed by atoms with E-state index in [0.29, 0.717) is 0 Å². The molecule has 1 aromatic rings. The van der Waals surface area contributed by atoms with Gasteiger partial charge in [-0.05, 0) is 28.1 Å². The van der Waals surface area contributed by atoms with E-state index in [9.17, 15) is 14.7 Å². The largest absolute Gasteiger partial charge is 0.392 e. The molecule has 1 aliphatic rings. The number of hydrogen-bond donors (Lipinski definition) is 2. The van der Waals surface area contributed by atoms with Crippen molar-refractivity contribution in [2.45, 2.75) is 11.8 Å². The lowest BCUT2D eigenvalue weighted by Crippen LogP contribution is -2.36. The highest BCUT2D eigenvalue weighted by Crippen LogP contribution is 2.28. The van der Waals surface area contributed by atoms with Crippen LogP contribution in [-0.2, 0) is 4.74 Å². The predicted octanol–water partition coefficient (Wildman–Crippen LogP) is -0.252. The number of nitrogens with one attached hydrogen (secondary N) is 1. The molecule has 1 aliphatic heterocycles. The van der Waals surface area contributed by atoms with Gasteiger partial charge in [0.05, 0.1) is 11.1 Å². The van der Waals surface area contributed by atoms with Crippen molar-refractivity contribution in [3.8, 4) is 12.3 Å². The number of hydrogen-bond acceptors (Lipinski definition) is 4. The number of nitrogens with zero attached hydrogens (tertiary/aromatic N) is 1. The zero-order valence-electron chi connectivity index (χ0n) is 9.09. The fourth-order valence-electron chi connectivity index (χ4n) is 1.55. The quantitative estimate of drug-likeness (QED) is 0.582. The van der Waals surface area contributed by atoms with Crippen molar-refractivity contribution < 1.29 is 9.84 Å². The number of aromatic amines is 1. The molecule has 0 bridgehead atoms. The van der Waals surface area contributed by atoms with Gasteiger partial charge in [0.15, 0.2) is 11.8 Å². The van der Waals surface area contributed by atoms with Crippen molar-refractivity contribution in [2.75, 3.05) is 6.61 Å². The average molecular weight is 313 g/mol. The summed E-state index contributed by atoms with van der Waals surface area (Å²) in [7, 11) is 0. The number of aromatic nitrogens is 2. The highest BCUT2D eigenvalue weighted by atomic mass is 79.9. The summed E-state index contributed by atoms with van der Waals surface area (Å²) in [5.41, 5.74) is -2.38. The van der Waals surface area contributed by atoms with Gasteiger partial charge in [-0.2, -0.15) is 0 Å². The number of terminal acetylenes is 1. The van der Waals surface area contributed by atoms with Gasteiger partial charge in [-0.15, -0.1) is 6.42 Å². The number of H-pyrrole nitrogens is 1. The Kier molecular flexibility index (Phi) is 3.26. The summed E-state index contributed by atoms with van der Waals surface area (Å²) in [6, 6.07) is 0. The zero-order chi connectivity index (χ0) is 13.3. The fourth-order valence-corrected chi connectivity index (χ4v) is 1.87. The lowest BCUT2D eigenvalue weighted by molar-refractivity contribution is -0.0503. The molecular weight excluding hydrogens is 304 g/mol. The van der Waals surface area contributed by atoms with E-state index in [1.54, 1.807) is 6.08 Å². The third-order valence-corrected chi connectivity index (χ3v) is 3.10. The second kappa shape index (κ2) is 4.57. The number of halogens is 1. The maximum Gasteiger partial charge on any atom is 0.330 e. The molecule has 2 N–H and O–H groups in total. The van der Waals surface area contributed by atoms with Crippen LogP contribution in [0.5, 0.6) is 0 Å². The molecule has 0 unspecified atom stereocenters. The summed E-state index contributed by atoms with van der Waals surface area (Å²) in [5, 5.41) is 9.18. The van der Waals surface area contributed by atoms with Crippen LogP contribution in [0.4, 0.5) is 0 Å². The van der Waals surface area contributed by atoms with Crippen LogP contribution in [0.15, 0.2) is 32.4 Å². The summed E-state index contributed by atoms with van der Waals surface area (Å²) in [6.07, 6.45) is 8.85. The molecule has 0 radical (unpaired) electrons. The first-order chi connectivity index (χ1) is 8.51. The van der Waals surface area contributed by atoms with Crippen molar-refractivity contribution in [1.82, 2.24) is 9.55 Å². The molecule has 0 aliphatic carbocycles. The summed E-state index contributed by atoms with van der Waals surface area (Å²) in [5.74, 6) is 2.31. The van der Waals surface area contributed by atoms with E-state index < -0.39 is 29.7 Å². The monoisotopic (exact) mass is 312 g/mol. The number of aliphatic hydroxyl groups excluding tert-OH is 1. The van der Waals surface area contributed by atoms with Crippen LogP contribution in [-0.4, -0.2) is 26.9 Å². The molecule has 0 fully saturated rings. The second-order valence-electron chi connectivity index (χ2n) is 3.70. The molecule has 0 aromatic carbocycles. The van der Waals surface area contributed by atoms with E-state index in [-0.39, 0.29) is 4.47 Å². The van der Waals surface area contributed by atoms with Crippen LogP contribution in [0.1, 0.15) is 6.23 Å². The molecule has 2 rings (SSSR count). The fraction of sp³-hybridized carbons (Fsp3) is 0.273. The Balaban J connectivity index is 2.41. The molecule has 0 spiro atoms. The summed E-state index contributed by atoms with van der Waals surface area (Å²) < 4.78 is 6.79. The molecule has 0 amide bonds. The number of ether oxygens (including phenoxy) is 1. The maximum atomic E-state index is 11.6. The van der Waals surface area contributed by atoms with Crippen LogP contribution >= 0.6 is 15.9 Å². The van der Waals surface area contributed by atoms with Gasteiger partial charge in [-0.1, -0.05) is 5.92 Å². The van der Waals surface area contributed by atoms with Gasteiger partial charge in [-0.3, -0.25) is 14.3 Å². The minimum absolute atomic E-state index is 0.196. The molecule has 0 saturated carbocycles. The van der Waals surface area contributed by atoms with Crippen LogP contribution in [0.2, 0.25) is 0 Å². The average Bonchev–Trinajstić information content (AvgIpc) is 2.79. The SMILES string of the molecule is C#C[C@@]1(CO)C=C[C@H](n2cc(Br)c(=O)[nH]c2=O)O1. The van der Waals surface area contributed by atoms with Crippen molar-refractivity contribution in [3.05, 3.63) is 43.7 Å². The Morgan fingerprint density at radius 1 is 1.67 bits per heavy atom. The van der Waals surface area contributed by atoms with Gasteiger partial charge in [0.2, 0.25) is 0 Å². The molecule has 94 valence electrons. The van der Waals surface area contributed by atoms with E-state index in [1.807, 2.05) is 0 Å². The Morgan fingerprint density at radius 3 is 2.94 bits per heavy atom. The summed E-state index contributed by atoms with van der Waals surface area (Å²) in [6.45, 7) is -0.393. The standard InChI is InChI=1S/C11H9BrN2O4/c1-2-11(6-15)4-3-8(18-11)14-5-7(12)9(16)13-10(14)17/h1,3-5,8,15H,6H2,(H,13,16,17)/t8-,11+/m1/s1.